The van der Waals surface area contributed by atoms with Crippen LogP contribution in [0.5, 0.6) is 0 Å². The lowest BCUT2D eigenvalue weighted by Crippen LogP contribution is -2.42. The van der Waals surface area contributed by atoms with Gasteiger partial charge in [0.25, 0.3) is 0 Å². The van der Waals surface area contributed by atoms with Gasteiger partial charge in [-0.15, -0.1) is 5.10 Å². The van der Waals surface area contributed by atoms with Gasteiger partial charge < -0.3 is 5.11 Å². The number of rotatable bonds is 5. The quantitative estimate of drug-likeness (QED) is 0.869. The third-order valence-corrected chi connectivity index (χ3v) is 4.54. The van der Waals surface area contributed by atoms with E-state index in [0.29, 0.717) is 29.3 Å². The summed E-state index contributed by atoms with van der Waals surface area (Å²) in [4.78, 5) is 11.8. The van der Waals surface area contributed by atoms with Gasteiger partial charge in [0, 0.05) is 15.1 Å². The van der Waals surface area contributed by atoms with Gasteiger partial charge in [0.1, 0.15) is 0 Å². The third-order valence-electron chi connectivity index (χ3n) is 3.61. The van der Waals surface area contributed by atoms with Gasteiger partial charge >= 0.3 is 5.97 Å². The Bertz CT molecular complexity index is 670. The Labute approximate surface area is 135 Å². The number of carbonyl (C=O) groups is 1. The molecule has 0 bridgehead atoms. The van der Waals surface area contributed by atoms with Crippen LogP contribution in [0.2, 0.25) is 5.02 Å². The van der Waals surface area contributed by atoms with E-state index in [-0.39, 0.29) is 0 Å². The normalized spacial score (nSPS) is 11.6. The SMILES string of the molecule is CCC(CC)(C(=O)O)n1nnnc1-c1cc(Cl)ccc1Br. The molecule has 0 radical (unpaired) electrons. The molecule has 1 N–H and O–H groups in total. The standard InChI is InChI=1S/C13H14BrClN4O2/c1-3-13(4-2,12(20)21)19-11(16-17-18-19)9-7-8(15)5-6-10(9)14/h5-7H,3-4H2,1-2H3,(H,20,21). The van der Waals surface area contributed by atoms with Crippen molar-refractivity contribution in [3.63, 3.8) is 0 Å². The van der Waals surface area contributed by atoms with Crippen LogP contribution in [0, 0.1) is 0 Å². The van der Waals surface area contributed by atoms with Gasteiger partial charge in [-0.3, -0.25) is 0 Å². The van der Waals surface area contributed by atoms with Crippen LogP contribution >= 0.6 is 27.5 Å². The molecule has 0 unspecified atom stereocenters. The number of carboxylic acids is 1. The second-order valence-electron chi connectivity index (χ2n) is 4.58. The van der Waals surface area contributed by atoms with Gasteiger partial charge in [-0.2, -0.15) is 0 Å². The second kappa shape index (κ2) is 6.11. The summed E-state index contributed by atoms with van der Waals surface area (Å²) >= 11 is 9.43. The molecular formula is C13H14BrClN4O2. The Balaban J connectivity index is 2.67. The van der Waals surface area contributed by atoms with E-state index in [2.05, 4.69) is 31.5 Å². The fraction of sp³-hybridized carbons (Fsp3) is 0.385. The Morgan fingerprint density at radius 1 is 1.43 bits per heavy atom. The fourth-order valence-corrected chi connectivity index (χ4v) is 2.85. The summed E-state index contributed by atoms with van der Waals surface area (Å²) in [5, 5.41) is 21.7. The summed E-state index contributed by atoms with van der Waals surface area (Å²) in [6.45, 7) is 3.60. The van der Waals surface area contributed by atoms with Gasteiger partial charge in [-0.05, 0) is 41.5 Å². The first-order chi connectivity index (χ1) is 9.96. The number of aliphatic carboxylic acids is 1. The van der Waals surface area contributed by atoms with Crippen molar-refractivity contribution < 1.29 is 9.90 Å². The van der Waals surface area contributed by atoms with Crippen molar-refractivity contribution in [2.75, 3.05) is 0 Å². The van der Waals surface area contributed by atoms with Crippen molar-refractivity contribution in [1.82, 2.24) is 20.2 Å². The smallest absolute Gasteiger partial charge is 0.331 e. The van der Waals surface area contributed by atoms with Crippen molar-refractivity contribution >= 4 is 33.5 Å². The van der Waals surface area contributed by atoms with Crippen LogP contribution in [-0.4, -0.2) is 31.3 Å². The van der Waals surface area contributed by atoms with Gasteiger partial charge in [-0.25, -0.2) is 9.48 Å². The predicted molar refractivity (Wildman–Crippen MR) is 82.2 cm³/mol. The minimum Gasteiger partial charge on any atom is -0.479 e. The fourth-order valence-electron chi connectivity index (χ4n) is 2.25. The van der Waals surface area contributed by atoms with Crippen molar-refractivity contribution in [2.24, 2.45) is 0 Å². The van der Waals surface area contributed by atoms with Crippen LogP contribution in [0.15, 0.2) is 22.7 Å². The lowest BCUT2D eigenvalue weighted by atomic mass is 9.92. The molecule has 8 heteroatoms. The van der Waals surface area contributed by atoms with E-state index in [1.54, 1.807) is 32.0 Å². The number of halogens is 2. The molecule has 0 saturated carbocycles. The Morgan fingerprint density at radius 2 is 2.10 bits per heavy atom. The second-order valence-corrected chi connectivity index (χ2v) is 5.87. The molecule has 21 heavy (non-hydrogen) atoms. The summed E-state index contributed by atoms with van der Waals surface area (Å²) in [5.74, 6) is -0.588. The Hall–Kier alpha value is -1.47. The molecule has 2 aromatic rings. The first-order valence-electron chi connectivity index (χ1n) is 6.44. The minimum atomic E-state index is -1.18. The zero-order valence-corrected chi connectivity index (χ0v) is 13.9. The molecule has 0 spiro atoms. The molecule has 0 aliphatic heterocycles. The minimum absolute atomic E-state index is 0.370. The lowest BCUT2D eigenvalue weighted by molar-refractivity contribution is -0.148. The molecule has 0 aliphatic carbocycles. The maximum absolute atomic E-state index is 11.8. The number of nitrogens with zero attached hydrogens (tertiary/aromatic N) is 4. The predicted octanol–water partition coefficient (Wildman–Crippen LogP) is 3.36. The van der Waals surface area contributed by atoms with Gasteiger partial charge in [0.05, 0.1) is 0 Å². The van der Waals surface area contributed by atoms with Crippen molar-refractivity contribution in [3.05, 3.63) is 27.7 Å². The van der Waals surface area contributed by atoms with E-state index < -0.39 is 11.5 Å². The van der Waals surface area contributed by atoms with Crippen LogP contribution in [-0.2, 0) is 10.3 Å². The summed E-state index contributed by atoms with van der Waals surface area (Å²) in [6, 6.07) is 5.20. The summed E-state index contributed by atoms with van der Waals surface area (Å²) in [6.07, 6.45) is 0.740. The molecule has 0 atom stereocenters. The summed E-state index contributed by atoms with van der Waals surface area (Å²) < 4.78 is 2.11. The zero-order valence-electron chi connectivity index (χ0n) is 11.5. The maximum atomic E-state index is 11.8. The van der Waals surface area contributed by atoms with E-state index in [1.807, 2.05) is 0 Å². The van der Waals surface area contributed by atoms with E-state index in [4.69, 9.17) is 11.6 Å². The number of tetrazole rings is 1. The average Bonchev–Trinajstić information content (AvgIpc) is 2.93. The molecule has 0 fully saturated rings. The molecular weight excluding hydrogens is 360 g/mol. The van der Waals surface area contributed by atoms with E-state index in [1.165, 1.54) is 4.68 Å². The molecule has 2 rings (SSSR count). The van der Waals surface area contributed by atoms with Crippen molar-refractivity contribution in [2.45, 2.75) is 32.2 Å². The van der Waals surface area contributed by atoms with Gasteiger partial charge in [0.15, 0.2) is 11.4 Å². The summed E-state index contributed by atoms with van der Waals surface area (Å²) in [7, 11) is 0. The Morgan fingerprint density at radius 3 is 2.67 bits per heavy atom. The highest BCUT2D eigenvalue weighted by Gasteiger charge is 2.40. The number of hydrogen-bond donors (Lipinski definition) is 1. The zero-order chi connectivity index (χ0) is 15.6. The number of aromatic nitrogens is 4. The molecule has 0 aliphatic rings. The number of hydrogen-bond acceptors (Lipinski definition) is 4. The van der Waals surface area contributed by atoms with Gasteiger partial charge in [-0.1, -0.05) is 41.4 Å². The van der Waals surface area contributed by atoms with Gasteiger partial charge in [0.2, 0.25) is 0 Å². The first-order valence-corrected chi connectivity index (χ1v) is 7.61. The highest BCUT2D eigenvalue weighted by atomic mass is 79.9. The van der Waals surface area contributed by atoms with E-state index >= 15 is 0 Å². The lowest BCUT2D eigenvalue weighted by Gasteiger charge is -2.27. The molecule has 1 aromatic heterocycles. The van der Waals surface area contributed by atoms with Crippen molar-refractivity contribution in [3.8, 4) is 11.4 Å². The maximum Gasteiger partial charge on any atom is 0.331 e. The largest absolute Gasteiger partial charge is 0.479 e. The highest BCUT2D eigenvalue weighted by molar-refractivity contribution is 9.10. The van der Waals surface area contributed by atoms with E-state index in [9.17, 15) is 9.90 Å². The van der Waals surface area contributed by atoms with Crippen LogP contribution in [0.25, 0.3) is 11.4 Å². The Kier molecular flexibility index (Phi) is 4.63. The molecule has 6 nitrogen and oxygen atoms in total. The average molecular weight is 374 g/mol. The van der Waals surface area contributed by atoms with E-state index in [0.717, 1.165) is 4.47 Å². The van der Waals surface area contributed by atoms with Crippen LogP contribution < -0.4 is 0 Å². The molecule has 0 saturated heterocycles. The number of carboxylic acid groups (broad SMARTS) is 1. The molecule has 1 heterocycles. The molecule has 112 valence electrons. The van der Waals surface area contributed by atoms with Crippen LogP contribution in [0.3, 0.4) is 0 Å². The molecule has 0 amide bonds. The molecule has 1 aromatic carbocycles. The van der Waals surface area contributed by atoms with Crippen LogP contribution in [0.1, 0.15) is 26.7 Å². The number of benzene rings is 1. The monoisotopic (exact) mass is 372 g/mol. The van der Waals surface area contributed by atoms with Crippen molar-refractivity contribution in [1.29, 1.82) is 0 Å². The first kappa shape index (κ1) is 15.9. The highest BCUT2D eigenvalue weighted by Crippen LogP contribution is 2.34. The topological polar surface area (TPSA) is 80.9 Å². The van der Waals surface area contributed by atoms with Crippen LogP contribution in [0.4, 0.5) is 0 Å². The third kappa shape index (κ3) is 2.67. The summed E-state index contributed by atoms with van der Waals surface area (Å²) in [5.41, 5.74) is -0.527.